The first-order chi connectivity index (χ1) is 14.0. The van der Waals surface area contributed by atoms with E-state index in [0.29, 0.717) is 41.2 Å². The maximum absolute atomic E-state index is 12.7. The van der Waals surface area contributed by atoms with Crippen molar-refractivity contribution in [1.82, 2.24) is 9.88 Å². The van der Waals surface area contributed by atoms with Gasteiger partial charge >= 0.3 is 0 Å². The van der Waals surface area contributed by atoms with E-state index in [0.717, 1.165) is 30.3 Å². The molecule has 0 aliphatic carbocycles. The zero-order valence-electron chi connectivity index (χ0n) is 16.5. The zero-order valence-corrected chi connectivity index (χ0v) is 18.9. The lowest BCUT2D eigenvalue weighted by atomic mass is 10.2. The molecule has 3 rings (SSSR count). The molecule has 1 saturated heterocycles. The number of nitrogens with zero attached hydrogens (tertiary/aromatic N) is 4. The third-order valence-corrected chi connectivity index (χ3v) is 6.11. The lowest BCUT2D eigenvalue weighted by Gasteiger charge is -2.22. The highest BCUT2D eigenvalue weighted by Crippen LogP contribution is 2.36. The minimum absolute atomic E-state index is 0.0686. The van der Waals surface area contributed by atoms with Gasteiger partial charge in [-0.25, -0.2) is 4.98 Å². The van der Waals surface area contributed by atoms with Gasteiger partial charge in [-0.1, -0.05) is 0 Å². The second-order valence-corrected chi connectivity index (χ2v) is 8.30. The number of carbonyl (C=O) groups excluding carboxylic acids is 1. The molecule has 29 heavy (non-hydrogen) atoms. The van der Waals surface area contributed by atoms with Crippen LogP contribution < -0.4 is 14.4 Å². The molecule has 1 aromatic carbocycles. The molecule has 1 fully saturated rings. The molecule has 154 valence electrons. The predicted octanol–water partition coefficient (Wildman–Crippen LogP) is 3.60. The summed E-state index contributed by atoms with van der Waals surface area (Å²) in [6.45, 7) is 7.16. The van der Waals surface area contributed by atoms with Crippen LogP contribution in [-0.2, 0) is 4.79 Å². The van der Waals surface area contributed by atoms with Crippen molar-refractivity contribution in [2.45, 2.75) is 20.3 Å². The van der Waals surface area contributed by atoms with Gasteiger partial charge in [-0.2, -0.15) is 5.26 Å². The Kier molecular flexibility index (Phi) is 7.34. The van der Waals surface area contributed by atoms with Crippen LogP contribution in [0.15, 0.2) is 22.0 Å². The molecule has 0 bridgehead atoms. The van der Waals surface area contributed by atoms with Gasteiger partial charge in [0, 0.05) is 37.6 Å². The Balaban J connectivity index is 1.62. The highest BCUT2D eigenvalue weighted by atomic mass is 79.9. The van der Waals surface area contributed by atoms with Gasteiger partial charge in [-0.3, -0.25) is 4.79 Å². The number of thiazole rings is 1. The summed E-state index contributed by atoms with van der Waals surface area (Å²) in [6, 6.07) is 5.36. The van der Waals surface area contributed by atoms with E-state index in [1.807, 2.05) is 24.1 Å². The van der Waals surface area contributed by atoms with Gasteiger partial charge in [-0.15, -0.1) is 11.3 Å². The van der Waals surface area contributed by atoms with Crippen LogP contribution in [0.3, 0.4) is 0 Å². The van der Waals surface area contributed by atoms with E-state index in [4.69, 9.17) is 14.7 Å². The number of amides is 1. The number of rotatable bonds is 6. The summed E-state index contributed by atoms with van der Waals surface area (Å²) in [5.74, 6) is 0.821. The summed E-state index contributed by atoms with van der Waals surface area (Å²) >= 11 is 5.05. The SMILES string of the molecule is CCOc1cc(C#N)cc(Br)c1OCC(=O)N1CCCN(c2nc(C)cs2)CC1. The van der Waals surface area contributed by atoms with Crippen LogP contribution in [0.2, 0.25) is 0 Å². The molecule has 2 aromatic rings. The monoisotopic (exact) mass is 478 g/mol. The van der Waals surface area contributed by atoms with Gasteiger partial charge in [-0.05, 0) is 42.3 Å². The molecule has 0 spiro atoms. The fourth-order valence-electron chi connectivity index (χ4n) is 3.11. The minimum atomic E-state index is -0.0824. The second-order valence-electron chi connectivity index (χ2n) is 6.61. The van der Waals surface area contributed by atoms with E-state index >= 15 is 0 Å². The van der Waals surface area contributed by atoms with Crippen molar-refractivity contribution >= 4 is 38.3 Å². The number of ether oxygens (including phenoxy) is 2. The van der Waals surface area contributed by atoms with E-state index in [-0.39, 0.29) is 12.5 Å². The second kappa shape index (κ2) is 9.94. The Morgan fingerprint density at radius 3 is 2.83 bits per heavy atom. The number of anilines is 1. The van der Waals surface area contributed by atoms with Gasteiger partial charge in [0.05, 0.1) is 28.4 Å². The van der Waals surface area contributed by atoms with Crippen LogP contribution in [0.4, 0.5) is 5.13 Å². The molecule has 1 aromatic heterocycles. The lowest BCUT2D eigenvalue weighted by molar-refractivity contribution is -0.133. The average Bonchev–Trinajstić information content (AvgIpc) is 2.99. The van der Waals surface area contributed by atoms with E-state index in [1.165, 1.54) is 0 Å². The van der Waals surface area contributed by atoms with Crippen molar-refractivity contribution in [2.75, 3.05) is 44.3 Å². The van der Waals surface area contributed by atoms with Crippen molar-refractivity contribution in [3.63, 3.8) is 0 Å². The number of carbonyl (C=O) groups is 1. The topological polar surface area (TPSA) is 78.7 Å². The lowest BCUT2D eigenvalue weighted by Crippen LogP contribution is -2.38. The molecule has 9 heteroatoms. The van der Waals surface area contributed by atoms with Crippen LogP contribution in [0.1, 0.15) is 24.6 Å². The number of aromatic nitrogens is 1. The molecule has 0 atom stereocenters. The molecular weight excluding hydrogens is 456 g/mol. The first kappa shape index (κ1) is 21.4. The maximum atomic E-state index is 12.7. The van der Waals surface area contributed by atoms with Gasteiger partial charge in [0.1, 0.15) is 0 Å². The van der Waals surface area contributed by atoms with Crippen molar-refractivity contribution in [3.05, 3.63) is 33.2 Å². The molecule has 0 N–H and O–H groups in total. The van der Waals surface area contributed by atoms with E-state index < -0.39 is 0 Å². The predicted molar refractivity (Wildman–Crippen MR) is 116 cm³/mol. The van der Waals surface area contributed by atoms with Crippen LogP contribution in [0, 0.1) is 18.3 Å². The summed E-state index contributed by atoms with van der Waals surface area (Å²) in [6.07, 6.45) is 0.884. The Morgan fingerprint density at radius 1 is 1.31 bits per heavy atom. The van der Waals surface area contributed by atoms with Crippen molar-refractivity contribution in [3.8, 4) is 17.6 Å². The van der Waals surface area contributed by atoms with Gasteiger partial charge in [0.2, 0.25) is 0 Å². The first-order valence-corrected chi connectivity index (χ1v) is 11.1. The summed E-state index contributed by atoms with van der Waals surface area (Å²) in [5.41, 5.74) is 1.48. The fraction of sp³-hybridized carbons (Fsp3) is 0.450. The summed E-state index contributed by atoms with van der Waals surface area (Å²) < 4.78 is 12.0. The molecule has 1 aliphatic rings. The smallest absolute Gasteiger partial charge is 0.260 e. The van der Waals surface area contributed by atoms with Crippen molar-refractivity contribution in [1.29, 1.82) is 5.26 Å². The number of benzene rings is 1. The largest absolute Gasteiger partial charge is 0.490 e. The number of halogens is 1. The van der Waals surface area contributed by atoms with E-state index in [9.17, 15) is 4.79 Å². The summed E-state index contributed by atoms with van der Waals surface area (Å²) in [5, 5.41) is 12.2. The molecular formula is C20H23BrN4O3S. The molecule has 0 radical (unpaired) electrons. The molecule has 0 saturated carbocycles. The molecule has 1 aliphatic heterocycles. The summed E-state index contributed by atoms with van der Waals surface area (Å²) in [4.78, 5) is 21.3. The van der Waals surface area contributed by atoms with Crippen molar-refractivity contribution < 1.29 is 14.3 Å². The molecule has 7 nitrogen and oxygen atoms in total. The maximum Gasteiger partial charge on any atom is 0.260 e. The Labute approximate surface area is 183 Å². The average molecular weight is 479 g/mol. The molecule has 2 heterocycles. The summed E-state index contributed by atoms with van der Waals surface area (Å²) in [7, 11) is 0. The zero-order chi connectivity index (χ0) is 20.8. The normalized spacial score (nSPS) is 14.3. The number of hydrogen-bond donors (Lipinski definition) is 0. The van der Waals surface area contributed by atoms with Crippen LogP contribution in [0.25, 0.3) is 0 Å². The Bertz CT molecular complexity index is 912. The molecule has 1 amide bonds. The van der Waals surface area contributed by atoms with Crippen LogP contribution in [0.5, 0.6) is 11.5 Å². The van der Waals surface area contributed by atoms with Crippen molar-refractivity contribution in [2.24, 2.45) is 0 Å². The third kappa shape index (κ3) is 5.40. The van der Waals surface area contributed by atoms with Gasteiger partial charge in [0.25, 0.3) is 5.91 Å². The van der Waals surface area contributed by atoms with Crippen LogP contribution in [-0.4, -0.2) is 55.2 Å². The highest BCUT2D eigenvalue weighted by Gasteiger charge is 2.22. The fourth-order valence-corrected chi connectivity index (χ4v) is 4.52. The standard InChI is InChI=1S/C20H23BrN4O3S/c1-3-27-17-10-15(11-22)9-16(21)19(17)28-12-18(26)24-5-4-6-25(8-7-24)20-23-14(2)13-29-20/h9-10,13H,3-8,12H2,1-2H3. The number of hydrogen-bond acceptors (Lipinski definition) is 7. The number of nitriles is 1. The van der Waals surface area contributed by atoms with Gasteiger partial charge < -0.3 is 19.3 Å². The highest BCUT2D eigenvalue weighted by molar-refractivity contribution is 9.10. The third-order valence-electron chi connectivity index (χ3n) is 4.50. The first-order valence-electron chi connectivity index (χ1n) is 9.46. The van der Waals surface area contributed by atoms with E-state index in [1.54, 1.807) is 23.5 Å². The Morgan fingerprint density at radius 2 is 2.14 bits per heavy atom. The minimum Gasteiger partial charge on any atom is -0.490 e. The Hall–Kier alpha value is -2.31. The van der Waals surface area contributed by atoms with Crippen LogP contribution >= 0.6 is 27.3 Å². The number of aryl methyl sites for hydroxylation is 1. The quantitative estimate of drug-likeness (QED) is 0.630. The molecule has 0 unspecified atom stereocenters. The van der Waals surface area contributed by atoms with E-state index in [2.05, 4.69) is 31.9 Å². The van der Waals surface area contributed by atoms with Gasteiger partial charge in [0.15, 0.2) is 23.2 Å².